The molecule has 0 radical (unpaired) electrons. The average molecular weight is 243 g/mol. The molecule has 1 aromatic heterocycles. The van der Waals surface area contributed by atoms with Crippen molar-refractivity contribution in [3.05, 3.63) is 29.5 Å². The molecule has 5 heteroatoms. The topological polar surface area (TPSA) is 14.2 Å². The molecule has 0 N–H and O–H groups in total. The van der Waals surface area contributed by atoms with Gasteiger partial charge in [0.25, 0.3) is 0 Å². The number of halogens is 3. The summed E-state index contributed by atoms with van der Waals surface area (Å²) in [7, 11) is 3.06. The van der Waals surface area contributed by atoms with E-state index >= 15 is 0 Å². The van der Waals surface area contributed by atoms with E-state index in [1.165, 1.54) is 24.7 Å². The van der Waals surface area contributed by atoms with Crippen LogP contribution in [0.15, 0.2) is 18.2 Å². The Morgan fingerprint density at radius 1 is 1.24 bits per heavy atom. The molecule has 1 aromatic carbocycles. The molecule has 0 bridgehead atoms. The second-order valence-corrected chi connectivity index (χ2v) is 3.90. The van der Waals surface area contributed by atoms with E-state index < -0.39 is 11.7 Å². The molecule has 92 valence electrons. The Kier molecular flexibility index (Phi) is 2.56. The average Bonchev–Trinajstić information content (AvgIpc) is 2.50. The van der Waals surface area contributed by atoms with Crippen LogP contribution >= 0.6 is 0 Å². The minimum absolute atomic E-state index is 0.178. The zero-order valence-corrected chi connectivity index (χ0v) is 9.72. The number of aromatic nitrogens is 1. The maximum atomic E-state index is 13.0. The number of benzene rings is 1. The van der Waals surface area contributed by atoms with Gasteiger partial charge in [0, 0.05) is 23.6 Å². The van der Waals surface area contributed by atoms with E-state index in [-0.39, 0.29) is 11.1 Å². The van der Waals surface area contributed by atoms with Crippen LogP contribution in [0.3, 0.4) is 0 Å². The largest absolute Gasteiger partial charge is 0.497 e. The molecule has 0 atom stereocenters. The molecule has 0 saturated carbocycles. The highest BCUT2D eigenvalue weighted by Gasteiger charge is 2.36. The number of hydrogen-bond acceptors (Lipinski definition) is 1. The number of alkyl halides is 3. The number of fused-ring (bicyclic) bond motifs is 1. The summed E-state index contributed by atoms with van der Waals surface area (Å²) in [6, 6.07) is 4.71. The summed E-state index contributed by atoms with van der Waals surface area (Å²) in [5.74, 6) is 0.425. The third-order valence-electron chi connectivity index (χ3n) is 2.98. The van der Waals surface area contributed by atoms with Gasteiger partial charge in [-0.05, 0) is 25.1 Å². The second kappa shape index (κ2) is 3.68. The Morgan fingerprint density at radius 3 is 2.41 bits per heavy atom. The normalized spacial score (nSPS) is 12.1. The van der Waals surface area contributed by atoms with Crippen LogP contribution in [0.5, 0.6) is 5.75 Å². The summed E-state index contributed by atoms with van der Waals surface area (Å²) >= 11 is 0. The molecular formula is C12H12F3NO. The Bertz CT molecular complexity index is 569. The van der Waals surface area contributed by atoms with E-state index in [0.29, 0.717) is 11.3 Å². The molecular weight excluding hydrogens is 231 g/mol. The molecule has 0 spiro atoms. The molecule has 1 heterocycles. The summed E-state index contributed by atoms with van der Waals surface area (Å²) in [4.78, 5) is 0. The van der Waals surface area contributed by atoms with Gasteiger partial charge in [-0.2, -0.15) is 13.2 Å². The molecule has 0 saturated heterocycles. The highest BCUT2D eigenvalue weighted by molar-refractivity contribution is 5.87. The molecule has 2 aromatic rings. The fraction of sp³-hybridized carbons (Fsp3) is 0.333. The second-order valence-electron chi connectivity index (χ2n) is 3.90. The SMILES string of the molecule is COc1ccc2c(c1)c(C(F)(F)F)c(C)n2C. The van der Waals surface area contributed by atoms with Crippen LogP contribution in [-0.2, 0) is 13.2 Å². The highest BCUT2D eigenvalue weighted by atomic mass is 19.4. The third kappa shape index (κ3) is 1.75. The monoisotopic (exact) mass is 243 g/mol. The molecule has 0 unspecified atom stereocenters. The molecule has 2 rings (SSSR count). The van der Waals surface area contributed by atoms with Crippen molar-refractivity contribution < 1.29 is 17.9 Å². The first-order chi connectivity index (χ1) is 7.86. The zero-order chi connectivity index (χ0) is 12.8. The molecule has 0 amide bonds. The van der Waals surface area contributed by atoms with E-state index in [4.69, 9.17) is 4.74 Å². The van der Waals surface area contributed by atoms with Crippen molar-refractivity contribution in [3.63, 3.8) is 0 Å². The van der Waals surface area contributed by atoms with Crippen LogP contribution in [0.4, 0.5) is 13.2 Å². The van der Waals surface area contributed by atoms with E-state index in [1.54, 1.807) is 19.2 Å². The van der Waals surface area contributed by atoms with Gasteiger partial charge in [0.1, 0.15) is 5.75 Å². The van der Waals surface area contributed by atoms with Crippen molar-refractivity contribution in [2.75, 3.05) is 7.11 Å². The maximum absolute atomic E-state index is 13.0. The maximum Gasteiger partial charge on any atom is 0.418 e. The fourth-order valence-electron chi connectivity index (χ4n) is 2.04. The minimum Gasteiger partial charge on any atom is -0.497 e. The predicted octanol–water partition coefficient (Wildman–Crippen LogP) is 3.51. The Morgan fingerprint density at radius 2 is 1.88 bits per heavy atom. The van der Waals surface area contributed by atoms with Crippen LogP contribution in [0.2, 0.25) is 0 Å². The first-order valence-corrected chi connectivity index (χ1v) is 5.06. The summed E-state index contributed by atoms with van der Waals surface area (Å²) in [6.07, 6.45) is -4.35. The van der Waals surface area contributed by atoms with Gasteiger partial charge in [0.05, 0.1) is 12.7 Å². The number of nitrogens with zero attached hydrogens (tertiary/aromatic N) is 1. The van der Waals surface area contributed by atoms with Gasteiger partial charge in [-0.1, -0.05) is 0 Å². The van der Waals surface area contributed by atoms with Gasteiger partial charge in [-0.3, -0.25) is 0 Å². The standard InChI is InChI=1S/C12H12F3NO/c1-7-11(12(13,14)15)9-6-8(17-3)4-5-10(9)16(7)2/h4-6H,1-3H3. The van der Waals surface area contributed by atoms with E-state index in [1.807, 2.05) is 0 Å². The summed E-state index contributed by atoms with van der Waals surface area (Å²) in [6.45, 7) is 1.47. The summed E-state index contributed by atoms with van der Waals surface area (Å²) in [5, 5.41) is 0.178. The van der Waals surface area contributed by atoms with Crippen LogP contribution in [0.25, 0.3) is 10.9 Å². The summed E-state index contributed by atoms with van der Waals surface area (Å²) in [5.41, 5.74) is 0.172. The van der Waals surface area contributed by atoms with Gasteiger partial charge in [0.15, 0.2) is 0 Å². The number of aryl methyl sites for hydroxylation is 1. The van der Waals surface area contributed by atoms with Gasteiger partial charge >= 0.3 is 6.18 Å². The highest BCUT2D eigenvalue weighted by Crippen LogP contribution is 2.39. The molecule has 2 nitrogen and oxygen atoms in total. The Balaban J connectivity index is 2.85. The van der Waals surface area contributed by atoms with Gasteiger partial charge in [0.2, 0.25) is 0 Å². The first-order valence-electron chi connectivity index (χ1n) is 5.06. The van der Waals surface area contributed by atoms with Crippen molar-refractivity contribution in [2.45, 2.75) is 13.1 Å². The van der Waals surface area contributed by atoms with E-state index in [9.17, 15) is 13.2 Å². The third-order valence-corrected chi connectivity index (χ3v) is 2.98. The lowest BCUT2D eigenvalue weighted by Crippen LogP contribution is -2.07. The van der Waals surface area contributed by atoms with E-state index in [0.717, 1.165) is 0 Å². The van der Waals surface area contributed by atoms with Gasteiger partial charge < -0.3 is 9.30 Å². The van der Waals surface area contributed by atoms with Crippen LogP contribution in [-0.4, -0.2) is 11.7 Å². The van der Waals surface area contributed by atoms with Crippen LogP contribution in [0, 0.1) is 6.92 Å². The predicted molar refractivity (Wildman–Crippen MR) is 59.2 cm³/mol. The lowest BCUT2D eigenvalue weighted by atomic mass is 10.1. The number of ether oxygens (including phenoxy) is 1. The quantitative estimate of drug-likeness (QED) is 0.747. The number of hydrogen-bond donors (Lipinski definition) is 0. The van der Waals surface area contributed by atoms with Crippen LogP contribution < -0.4 is 4.74 Å². The lowest BCUT2D eigenvalue weighted by Gasteiger charge is -2.07. The van der Waals surface area contributed by atoms with Crippen molar-refractivity contribution in [1.82, 2.24) is 4.57 Å². The lowest BCUT2D eigenvalue weighted by molar-refractivity contribution is -0.136. The fourth-order valence-corrected chi connectivity index (χ4v) is 2.04. The molecule has 0 aliphatic carbocycles. The van der Waals surface area contributed by atoms with Gasteiger partial charge in [-0.25, -0.2) is 0 Å². The molecule has 17 heavy (non-hydrogen) atoms. The van der Waals surface area contributed by atoms with E-state index in [2.05, 4.69) is 0 Å². The molecule has 0 fully saturated rings. The van der Waals surface area contributed by atoms with Gasteiger partial charge in [-0.15, -0.1) is 0 Å². The smallest absolute Gasteiger partial charge is 0.418 e. The Hall–Kier alpha value is -1.65. The zero-order valence-electron chi connectivity index (χ0n) is 9.72. The van der Waals surface area contributed by atoms with Crippen molar-refractivity contribution in [2.24, 2.45) is 7.05 Å². The number of rotatable bonds is 1. The van der Waals surface area contributed by atoms with Crippen LogP contribution in [0.1, 0.15) is 11.3 Å². The number of methoxy groups -OCH3 is 1. The van der Waals surface area contributed by atoms with Crippen molar-refractivity contribution in [1.29, 1.82) is 0 Å². The van der Waals surface area contributed by atoms with Crippen molar-refractivity contribution in [3.8, 4) is 5.75 Å². The minimum atomic E-state index is -4.35. The summed E-state index contributed by atoms with van der Waals surface area (Å²) < 4.78 is 45.4. The molecule has 0 aliphatic heterocycles. The molecule has 0 aliphatic rings. The Labute approximate surface area is 96.6 Å². The van der Waals surface area contributed by atoms with Crippen molar-refractivity contribution >= 4 is 10.9 Å². The first kappa shape index (κ1) is 11.8.